The van der Waals surface area contributed by atoms with Gasteiger partial charge in [0.25, 0.3) is 0 Å². The lowest BCUT2D eigenvalue weighted by Crippen LogP contribution is -2.61. The molecule has 2 saturated carbocycles. The number of fused-ring (bicyclic) bond motifs is 2. The lowest BCUT2D eigenvalue weighted by molar-refractivity contribution is 0.0296. The Hall–Kier alpha value is -0.860. The first-order valence-corrected chi connectivity index (χ1v) is 8.68. The summed E-state index contributed by atoms with van der Waals surface area (Å²) < 4.78 is 0. The molecule has 2 bridgehead atoms. The molecule has 3 fully saturated rings. The number of nitrogens with zero attached hydrogens (tertiary/aromatic N) is 1. The van der Waals surface area contributed by atoms with Gasteiger partial charge in [-0.15, -0.1) is 0 Å². The van der Waals surface area contributed by atoms with E-state index in [1.807, 2.05) is 0 Å². The maximum atomic E-state index is 3.76. The summed E-state index contributed by atoms with van der Waals surface area (Å²) in [4.78, 5) is 2.86. The normalized spacial score (nSPS) is 38.8. The highest BCUT2D eigenvalue weighted by molar-refractivity contribution is 5.21. The van der Waals surface area contributed by atoms with Crippen molar-refractivity contribution in [3.63, 3.8) is 0 Å². The molecule has 2 heteroatoms. The van der Waals surface area contributed by atoms with Crippen LogP contribution in [0.3, 0.4) is 0 Å². The molecule has 1 aromatic carbocycles. The molecule has 1 heterocycles. The van der Waals surface area contributed by atoms with Crippen LogP contribution < -0.4 is 5.32 Å². The van der Waals surface area contributed by atoms with Crippen molar-refractivity contribution in [3.05, 3.63) is 35.9 Å². The smallest absolute Gasteiger partial charge is 0.0476 e. The van der Waals surface area contributed by atoms with Gasteiger partial charge in [0, 0.05) is 30.7 Å². The molecule has 0 aromatic heterocycles. The van der Waals surface area contributed by atoms with Crippen LogP contribution in [0.1, 0.15) is 51.1 Å². The van der Waals surface area contributed by atoms with E-state index >= 15 is 0 Å². The van der Waals surface area contributed by atoms with Gasteiger partial charge in [0.2, 0.25) is 0 Å². The van der Waals surface area contributed by atoms with Crippen molar-refractivity contribution >= 4 is 0 Å². The van der Waals surface area contributed by atoms with Crippen LogP contribution in [-0.4, -0.2) is 29.6 Å². The van der Waals surface area contributed by atoms with Crippen molar-refractivity contribution in [1.82, 2.24) is 10.2 Å². The number of piperazine rings is 1. The Kier molecular flexibility index (Phi) is 3.35. The van der Waals surface area contributed by atoms with Gasteiger partial charge in [-0.05, 0) is 50.5 Å². The van der Waals surface area contributed by atoms with Gasteiger partial charge in [0.1, 0.15) is 0 Å². The zero-order valence-electron chi connectivity index (χ0n) is 13.4. The minimum Gasteiger partial charge on any atom is -0.309 e. The van der Waals surface area contributed by atoms with Gasteiger partial charge >= 0.3 is 0 Å². The number of nitrogens with one attached hydrogen (secondary N) is 1. The summed E-state index contributed by atoms with van der Waals surface area (Å²) in [6.45, 7) is 6.98. The highest BCUT2D eigenvalue weighted by Crippen LogP contribution is 2.49. The van der Waals surface area contributed by atoms with Crippen molar-refractivity contribution in [2.45, 2.75) is 57.2 Å². The van der Waals surface area contributed by atoms with Crippen molar-refractivity contribution in [1.29, 1.82) is 0 Å². The SMILES string of the molecule is CC1(C)CN(C2CC3CCC2C3)C(c2ccccc2)CN1. The van der Waals surface area contributed by atoms with E-state index in [9.17, 15) is 0 Å². The lowest BCUT2D eigenvalue weighted by Gasteiger charge is -2.49. The summed E-state index contributed by atoms with van der Waals surface area (Å²) in [5, 5.41) is 3.76. The van der Waals surface area contributed by atoms with Crippen molar-refractivity contribution in [3.8, 4) is 0 Å². The van der Waals surface area contributed by atoms with E-state index in [4.69, 9.17) is 0 Å². The molecule has 0 spiro atoms. The monoisotopic (exact) mass is 284 g/mol. The van der Waals surface area contributed by atoms with Crippen LogP contribution in [0.5, 0.6) is 0 Å². The Labute approximate surface area is 128 Å². The van der Waals surface area contributed by atoms with Crippen molar-refractivity contribution < 1.29 is 0 Å². The zero-order valence-corrected chi connectivity index (χ0v) is 13.4. The van der Waals surface area contributed by atoms with Gasteiger partial charge in [-0.2, -0.15) is 0 Å². The van der Waals surface area contributed by atoms with Gasteiger partial charge in [0.15, 0.2) is 0 Å². The van der Waals surface area contributed by atoms with Gasteiger partial charge in [-0.3, -0.25) is 4.90 Å². The summed E-state index contributed by atoms with van der Waals surface area (Å²) in [7, 11) is 0. The van der Waals surface area contributed by atoms with Crippen LogP contribution in [0.2, 0.25) is 0 Å². The molecule has 3 aliphatic rings. The third-order valence-corrected chi connectivity index (χ3v) is 6.06. The molecule has 4 unspecified atom stereocenters. The van der Waals surface area contributed by atoms with Crippen molar-refractivity contribution in [2.24, 2.45) is 11.8 Å². The topological polar surface area (TPSA) is 15.3 Å². The van der Waals surface area contributed by atoms with Gasteiger partial charge in [-0.25, -0.2) is 0 Å². The van der Waals surface area contributed by atoms with E-state index in [2.05, 4.69) is 54.4 Å². The van der Waals surface area contributed by atoms with E-state index in [-0.39, 0.29) is 5.54 Å². The Morgan fingerprint density at radius 2 is 1.90 bits per heavy atom. The second-order valence-corrected chi connectivity index (χ2v) is 8.11. The molecule has 1 saturated heterocycles. The van der Waals surface area contributed by atoms with Crippen LogP contribution in [0.4, 0.5) is 0 Å². The maximum Gasteiger partial charge on any atom is 0.0476 e. The average Bonchev–Trinajstić information content (AvgIpc) is 3.10. The molecule has 2 nitrogen and oxygen atoms in total. The van der Waals surface area contributed by atoms with Crippen LogP contribution in [-0.2, 0) is 0 Å². The van der Waals surface area contributed by atoms with Crippen LogP contribution in [0, 0.1) is 11.8 Å². The number of hydrogen-bond acceptors (Lipinski definition) is 2. The fourth-order valence-corrected chi connectivity index (χ4v) is 5.06. The largest absolute Gasteiger partial charge is 0.309 e. The summed E-state index contributed by atoms with van der Waals surface area (Å²) in [5.74, 6) is 1.99. The van der Waals surface area contributed by atoms with Crippen LogP contribution in [0.15, 0.2) is 30.3 Å². The first-order valence-electron chi connectivity index (χ1n) is 8.68. The van der Waals surface area contributed by atoms with E-state index < -0.39 is 0 Å². The predicted octanol–water partition coefficient (Wildman–Crippen LogP) is 3.60. The summed E-state index contributed by atoms with van der Waals surface area (Å²) in [6, 6.07) is 12.5. The highest BCUT2D eigenvalue weighted by atomic mass is 15.3. The van der Waals surface area contributed by atoms with E-state index in [0.717, 1.165) is 24.4 Å². The molecular formula is C19H28N2. The second kappa shape index (κ2) is 5.10. The molecule has 21 heavy (non-hydrogen) atoms. The van der Waals surface area contributed by atoms with Crippen molar-refractivity contribution in [2.75, 3.05) is 13.1 Å². The van der Waals surface area contributed by atoms with E-state index in [0.29, 0.717) is 6.04 Å². The average molecular weight is 284 g/mol. The molecule has 0 radical (unpaired) electrons. The third-order valence-electron chi connectivity index (χ3n) is 6.06. The van der Waals surface area contributed by atoms with Gasteiger partial charge in [0.05, 0.1) is 0 Å². The summed E-state index contributed by atoms with van der Waals surface area (Å²) >= 11 is 0. The molecule has 1 aromatic rings. The predicted molar refractivity (Wildman–Crippen MR) is 87.2 cm³/mol. The zero-order chi connectivity index (χ0) is 14.4. The van der Waals surface area contributed by atoms with E-state index in [1.54, 1.807) is 0 Å². The first kappa shape index (κ1) is 13.8. The fraction of sp³-hybridized carbons (Fsp3) is 0.684. The van der Waals surface area contributed by atoms with Gasteiger partial charge in [-0.1, -0.05) is 36.8 Å². The van der Waals surface area contributed by atoms with Crippen LogP contribution in [0.25, 0.3) is 0 Å². The number of rotatable bonds is 2. The number of benzene rings is 1. The Balaban J connectivity index is 1.62. The minimum atomic E-state index is 0.243. The van der Waals surface area contributed by atoms with Gasteiger partial charge < -0.3 is 5.32 Å². The first-order chi connectivity index (χ1) is 10.1. The molecule has 4 rings (SSSR count). The Bertz CT molecular complexity index is 496. The highest BCUT2D eigenvalue weighted by Gasteiger charge is 2.46. The molecule has 1 aliphatic heterocycles. The molecule has 0 amide bonds. The molecule has 114 valence electrons. The standard InChI is InChI=1S/C19H28N2/c1-19(2)13-21(17-11-14-8-9-16(17)10-14)18(12-20-19)15-6-4-3-5-7-15/h3-7,14,16-18,20H,8-13H2,1-2H3. The summed E-state index contributed by atoms with van der Waals surface area (Å²) in [6.07, 6.45) is 5.91. The Morgan fingerprint density at radius 1 is 1.10 bits per heavy atom. The minimum absolute atomic E-state index is 0.243. The lowest BCUT2D eigenvalue weighted by atomic mass is 9.87. The van der Waals surface area contributed by atoms with Crippen LogP contribution >= 0.6 is 0 Å². The number of hydrogen-bond donors (Lipinski definition) is 1. The second-order valence-electron chi connectivity index (χ2n) is 8.11. The molecular weight excluding hydrogens is 256 g/mol. The quantitative estimate of drug-likeness (QED) is 0.892. The maximum absolute atomic E-state index is 3.76. The molecule has 4 atom stereocenters. The molecule has 1 N–H and O–H groups in total. The third kappa shape index (κ3) is 2.53. The summed E-state index contributed by atoms with van der Waals surface area (Å²) in [5.41, 5.74) is 1.73. The molecule has 2 aliphatic carbocycles. The Morgan fingerprint density at radius 3 is 2.57 bits per heavy atom. The van der Waals surface area contributed by atoms with E-state index in [1.165, 1.54) is 37.8 Å². The fourth-order valence-electron chi connectivity index (χ4n) is 5.06.